The van der Waals surface area contributed by atoms with Gasteiger partial charge in [0.05, 0.1) is 12.1 Å². The number of amides is 1. The van der Waals surface area contributed by atoms with Crippen LogP contribution in [-0.2, 0) is 11.0 Å². The highest BCUT2D eigenvalue weighted by Crippen LogP contribution is 2.29. The van der Waals surface area contributed by atoms with Crippen LogP contribution in [-0.4, -0.2) is 39.7 Å². The number of hydrogen-bond donors (Lipinski definition) is 1. The molecule has 1 aromatic heterocycles. The SMILES string of the molecule is CCC(C)C(N)C(=O)N1CCC(n2ccc(C(F)(F)F)n2)CC1.Cl. The second kappa shape index (κ2) is 8.20. The van der Waals surface area contributed by atoms with E-state index in [2.05, 4.69) is 5.10 Å². The Morgan fingerprint density at radius 3 is 2.46 bits per heavy atom. The summed E-state index contributed by atoms with van der Waals surface area (Å²) in [7, 11) is 0. The molecule has 1 fully saturated rings. The molecule has 0 bridgehead atoms. The lowest BCUT2D eigenvalue weighted by Crippen LogP contribution is -2.49. The van der Waals surface area contributed by atoms with E-state index in [1.807, 2.05) is 13.8 Å². The van der Waals surface area contributed by atoms with Gasteiger partial charge >= 0.3 is 6.18 Å². The van der Waals surface area contributed by atoms with Gasteiger partial charge < -0.3 is 10.6 Å². The van der Waals surface area contributed by atoms with Gasteiger partial charge in [-0.2, -0.15) is 18.3 Å². The summed E-state index contributed by atoms with van der Waals surface area (Å²) in [5.74, 6) is 0.0370. The number of piperidine rings is 1. The minimum Gasteiger partial charge on any atom is -0.341 e. The monoisotopic (exact) mass is 368 g/mol. The summed E-state index contributed by atoms with van der Waals surface area (Å²) in [5, 5.41) is 3.62. The van der Waals surface area contributed by atoms with Gasteiger partial charge in [-0.25, -0.2) is 0 Å². The molecular formula is C15H24ClF3N4O. The predicted octanol–water partition coefficient (Wildman–Crippen LogP) is 2.86. The second-order valence-electron chi connectivity index (χ2n) is 6.15. The molecule has 2 N–H and O–H groups in total. The largest absolute Gasteiger partial charge is 0.435 e. The van der Waals surface area contributed by atoms with Crippen LogP contribution in [0.15, 0.2) is 12.3 Å². The number of halogens is 4. The fraction of sp³-hybridized carbons (Fsp3) is 0.733. The van der Waals surface area contributed by atoms with Crippen molar-refractivity contribution in [3.63, 3.8) is 0 Å². The molecule has 0 radical (unpaired) electrons. The van der Waals surface area contributed by atoms with Gasteiger partial charge in [0.1, 0.15) is 0 Å². The Morgan fingerprint density at radius 2 is 2.00 bits per heavy atom. The van der Waals surface area contributed by atoms with Crippen molar-refractivity contribution < 1.29 is 18.0 Å². The smallest absolute Gasteiger partial charge is 0.341 e. The van der Waals surface area contributed by atoms with Crippen LogP contribution in [0, 0.1) is 5.92 Å². The molecule has 1 saturated heterocycles. The first-order chi connectivity index (χ1) is 10.7. The number of alkyl halides is 3. The molecule has 24 heavy (non-hydrogen) atoms. The minimum absolute atomic E-state index is 0. The lowest BCUT2D eigenvalue weighted by molar-refractivity contribution is -0.141. The van der Waals surface area contributed by atoms with Gasteiger partial charge in [-0.05, 0) is 24.8 Å². The van der Waals surface area contributed by atoms with Gasteiger partial charge in [-0.15, -0.1) is 12.4 Å². The van der Waals surface area contributed by atoms with E-state index in [1.54, 1.807) is 4.90 Å². The van der Waals surface area contributed by atoms with Crippen LogP contribution in [0.1, 0.15) is 44.8 Å². The van der Waals surface area contributed by atoms with Gasteiger partial charge in [0.15, 0.2) is 5.69 Å². The van der Waals surface area contributed by atoms with Crippen LogP contribution in [0.25, 0.3) is 0 Å². The van der Waals surface area contributed by atoms with Gasteiger partial charge in [-0.1, -0.05) is 20.3 Å². The summed E-state index contributed by atoms with van der Waals surface area (Å²) in [4.78, 5) is 14.0. The summed E-state index contributed by atoms with van der Waals surface area (Å²) in [6.07, 6.45) is -1.08. The highest BCUT2D eigenvalue weighted by atomic mass is 35.5. The van der Waals surface area contributed by atoms with E-state index in [0.717, 1.165) is 12.5 Å². The fourth-order valence-electron chi connectivity index (χ4n) is 2.75. The molecule has 9 heteroatoms. The summed E-state index contributed by atoms with van der Waals surface area (Å²) < 4.78 is 39.1. The molecule has 0 aliphatic carbocycles. The zero-order chi connectivity index (χ0) is 17.2. The molecule has 2 unspecified atom stereocenters. The topological polar surface area (TPSA) is 64.2 Å². The average Bonchev–Trinajstić information content (AvgIpc) is 3.03. The zero-order valence-corrected chi connectivity index (χ0v) is 14.6. The molecule has 0 aromatic carbocycles. The molecular weight excluding hydrogens is 345 g/mol. The molecule has 0 saturated carbocycles. The number of aromatic nitrogens is 2. The average molecular weight is 369 g/mol. The molecule has 1 aliphatic heterocycles. The van der Waals surface area contributed by atoms with E-state index in [-0.39, 0.29) is 30.3 Å². The first-order valence-electron chi connectivity index (χ1n) is 7.90. The molecule has 0 spiro atoms. The standard InChI is InChI=1S/C15H23F3N4O.ClH/c1-3-10(2)13(19)14(23)21-7-4-11(5-8-21)22-9-6-12(20-22)15(16,17)18;/h6,9-11,13H,3-5,7-8,19H2,1-2H3;1H. The summed E-state index contributed by atoms with van der Waals surface area (Å²) in [6.45, 7) is 4.92. The lowest BCUT2D eigenvalue weighted by atomic mass is 9.97. The van der Waals surface area contributed by atoms with Crippen molar-refractivity contribution in [3.05, 3.63) is 18.0 Å². The predicted molar refractivity (Wildman–Crippen MR) is 86.8 cm³/mol. The van der Waals surface area contributed by atoms with Crippen molar-refractivity contribution in [2.75, 3.05) is 13.1 Å². The third-order valence-corrected chi connectivity index (χ3v) is 4.59. The lowest BCUT2D eigenvalue weighted by Gasteiger charge is -2.34. The maximum absolute atomic E-state index is 12.6. The van der Waals surface area contributed by atoms with Crippen LogP contribution < -0.4 is 5.73 Å². The number of carbonyl (C=O) groups is 1. The van der Waals surface area contributed by atoms with Gasteiger partial charge in [0.25, 0.3) is 0 Å². The Morgan fingerprint density at radius 1 is 1.42 bits per heavy atom. The third-order valence-electron chi connectivity index (χ3n) is 4.59. The number of likely N-dealkylation sites (tertiary alicyclic amines) is 1. The minimum atomic E-state index is -4.43. The molecule has 2 heterocycles. The number of hydrogen-bond acceptors (Lipinski definition) is 3. The number of rotatable bonds is 4. The Kier molecular flexibility index (Phi) is 7.10. The quantitative estimate of drug-likeness (QED) is 0.888. The molecule has 138 valence electrons. The number of carbonyl (C=O) groups excluding carboxylic acids is 1. The molecule has 1 aliphatic rings. The van der Waals surface area contributed by atoms with Crippen molar-refractivity contribution >= 4 is 18.3 Å². The van der Waals surface area contributed by atoms with E-state index < -0.39 is 17.9 Å². The summed E-state index contributed by atoms with van der Waals surface area (Å²) in [6, 6.07) is 0.351. The van der Waals surface area contributed by atoms with E-state index in [4.69, 9.17) is 5.73 Å². The highest BCUT2D eigenvalue weighted by Gasteiger charge is 2.35. The van der Waals surface area contributed by atoms with E-state index in [9.17, 15) is 18.0 Å². The first-order valence-corrected chi connectivity index (χ1v) is 7.90. The molecule has 5 nitrogen and oxygen atoms in total. The Labute approximate surface area is 145 Å². The maximum Gasteiger partial charge on any atom is 0.435 e. The Balaban J connectivity index is 0.00000288. The van der Waals surface area contributed by atoms with Crippen LogP contribution in [0.3, 0.4) is 0 Å². The van der Waals surface area contributed by atoms with Crippen LogP contribution in [0.4, 0.5) is 13.2 Å². The van der Waals surface area contributed by atoms with Crippen molar-refractivity contribution in [1.82, 2.24) is 14.7 Å². The molecule has 2 rings (SSSR count). The molecule has 1 aromatic rings. The van der Waals surface area contributed by atoms with Crippen molar-refractivity contribution in [2.24, 2.45) is 11.7 Å². The van der Waals surface area contributed by atoms with Gasteiger partial charge in [-0.3, -0.25) is 9.48 Å². The van der Waals surface area contributed by atoms with Crippen LogP contribution in [0.5, 0.6) is 0 Å². The summed E-state index contributed by atoms with van der Waals surface area (Å²) >= 11 is 0. The highest BCUT2D eigenvalue weighted by molar-refractivity contribution is 5.85. The summed E-state index contributed by atoms with van der Waals surface area (Å²) in [5.41, 5.74) is 5.09. The van der Waals surface area contributed by atoms with Crippen molar-refractivity contribution in [1.29, 1.82) is 0 Å². The van der Waals surface area contributed by atoms with Crippen molar-refractivity contribution in [3.8, 4) is 0 Å². The first kappa shape index (κ1) is 20.8. The Bertz CT molecular complexity index is 541. The van der Waals surface area contributed by atoms with Crippen molar-refractivity contribution in [2.45, 2.75) is 51.4 Å². The van der Waals surface area contributed by atoms with E-state index in [0.29, 0.717) is 25.9 Å². The van der Waals surface area contributed by atoms with Gasteiger partial charge in [0.2, 0.25) is 5.91 Å². The maximum atomic E-state index is 12.6. The molecule has 1 amide bonds. The second-order valence-corrected chi connectivity index (χ2v) is 6.15. The van der Waals surface area contributed by atoms with E-state index in [1.165, 1.54) is 10.9 Å². The molecule has 2 atom stereocenters. The van der Waals surface area contributed by atoms with Crippen LogP contribution >= 0.6 is 12.4 Å². The fourth-order valence-corrected chi connectivity index (χ4v) is 2.75. The van der Waals surface area contributed by atoms with E-state index >= 15 is 0 Å². The number of nitrogens with zero attached hydrogens (tertiary/aromatic N) is 3. The zero-order valence-electron chi connectivity index (χ0n) is 13.8. The van der Waals surface area contributed by atoms with Gasteiger partial charge in [0, 0.05) is 19.3 Å². The Hall–Kier alpha value is -1.28. The third kappa shape index (κ3) is 4.63. The normalized spacial score (nSPS) is 18.8. The van der Waals surface area contributed by atoms with Crippen LogP contribution in [0.2, 0.25) is 0 Å². The number of nitrogens with two attached hydrogens (primary N) is 1.